The van der Waals surface area contributed by atoms with Crippen LogP contribution in [0.25, 0.3) is 11.3 Å². The SMILES string of the molecule is CC(=O)Nc1cccc(C(=O)N/N=C\c2ccc(-c3cccc([N+](=O)[O-])c3C)o2)c1. The van der Waals surface area contributed by atoms with Gasteiger partial charge in [-0.3, -0.25) is 19.7 Å². The first-order chi connectivity index (χ1) is 14.3. The van der Waals surface area contributed by atoms with Crippen LogP contribution < -0.4 is 10.7 Å². The van der Waals surface area contributed by atoms with Crippen LogP contribution in [0.4, 0.5) is 11.4 Å². The first-order valence-electron chi connectivity index (χ1n) is 8.90. The molecule has 9 heteroatoms. The number of anilines is 1. The fraction of sp³-hybridized carbons (Fsp3) is 0.0952. The quantitative estimate of drug-likeness (QED) is 0.365. The van der Waals surface area contributed by atoms with Crippen molar-refractivity contribution in [3.63, 3.8) is 0 Å². The topological polar surface area (TPSA) is 127 Å². The lowest BCUT2D eigenvalue weighted by Crippen LogP contribution is -2.18. The highest BCUT2D eigenvalue weighted by Gasteiger charge is 2.16. The summed E-state index contributed by atoms with van der Waals surface area (Å²) in [5, 5.41) is 17.6. The highest BCUT2D eigenvalue weighted by atomic mass is 16.6. The third-order valence-electron chi connectivity index (χ3n) is 4.20. The van der Waals surface area contributed by atoms with Crippen LogP contribution in [0.5, 0.6) is 0 Å². The number of hydrazone groups is 1. The van der Waals surface area contributed by atoms with Crippen molar-refractivity contribution in [3.05, 3.63) is 81.6 Å². The van der Waals surface area contributed by atoms with Gasteiger partial charge < -0.3 is 9.73 Å². The molecule has 0 aliphatic heterocycles. The summed E-state index contributed by atoms with van der Waals surface area (Å²) in [7, 11) is 0. The van der Waals surface area contributed by atoms with Crippen LogP contribution in [0.2, 0.25) is 0 Å². The second-order valence-electron chi connectivity index (χ2n) is 6.37. The zero-order chi connectivity index (χ0) is 21.7. The third-order valence-corrected chi connectivity index (χ3v) is 4.20. The Morgan fingerprint density at radius 1 is 1.13 bits per heavy atom. The van der Waals surface area contributed by atoms with Gasteiger partial charge in [0.25, 0.3) is 11.6 Å². The normalized spacial score (nSPS) is 10.7. The van der Waals surface area contributed by atoms with Gasteiger partial charge in [-0.1, -0.05) is 18.2 Å². The molecule has 0 radical (unpaired) electrons. The van der Waals surface area contributed by atoms with Gasteiger partial charge in [-0.2, -0.15) is 5.10 Å². The number of hydrogen-bond acceptors (Lipinski definition) is 6. The van der Waals surface area contributed by atoms with Crippen molar-refractivity contribution in [2.45, 2.75) is 13.8 Å². The number of nitro groups is 1. The predicted octanol–water partition coefficient (Wildman–Crippen LogP) is 3.89. The Kier molecular flexibility index (Phi) is 6.02. The Morgan fingerprint density at radius 2 is 1.90 bits per heavy atom. The molecule has 1 aromatic heterocycles. The van der Waals surface area contributed by atoms with E-state index in [1.54, 1.807) is 49.4 Å². The molecule has 0 aliphatic carbocycles. The molecule has 3 rings (SSSR count). The predicted molar refractivity (Wildman–Crippen MR) is 111 cm³/mol. The van der Waals surface area contributed by atoms with Crippen molar-refractivity contribution in [3.8, 4) is 11.3 Å². The molecule has 0 spiro atoms. The van der Waals surface area contributed by atoms with E-state index in [-0.39, 0.29) is 11.6 Å². The van der Waals surface area contributed by atoms with E-state index in [1.165, 1.54) is 25.3 Å². The maximum Gasteiger partial charge on any atom is 0.273 e. The van der Waals surface area contributed by atoms with E-state index in [0.717, 1.165) is 0 Å². The maximum absolute atomic E-state index is 12.2. The average molecular weight is 406 g/mol. The zero-order valence-electron chi connectivity index (χ0n) is 16.2. The minimum Gasteiger partial charge on any atom is -0.455 e. The zero-order valence-corrected chi connectivity index (χ0v) is 16.2. The highest BCUT2D eigenvalue weighted by molar-refractivity contribution is 5.97. The molecule has 30 heavy (non-hydrogen) atoms. The molecular weight excluding hydrogens is 388 g/mol. The van der Waals surface area contributed by atoms with Crippen molar-refractivity contribution in [2.75, 3.05) is 5.32 Å². The first kappa shape index (κ1) is 20.5. The molecule has 0 atom stereocenters. The molecule has 2 N–H and O–H groups in total. The summed E-state index contributed by atoms with van der Waals surface area (Å²) in [6, 6.07) is 14.5. The Labute approximate surface area is 171 Å². The summed E-state index contributed by atoms with van der Waals surface area (Å²) in [5.41, 5.74) is 4.31. The number of furan rings is 1. The number of carbonyl (C=O) groups excluding carboxylic acids is 2. The van der Waals surface area contributed by atoms with Crippen LogP contribution >= 0.6 is 0 Å². The molecule has 152 valence electrons. The van der Waals surface area contributed by atoms with E-state index in [0.29, 0.717) is 33.9 Å². The minimum absolute atomic E-state index is 0.00729. The van der Waals surface area contributed by atoms with Crippen molar-refractivity contribution < 1.29 is 18.9 Å². The van der Waals surface area contributed by atoms with Gasteiger partial charge in [-0.05, 0) is 37.3 Å². The highest BCUT2D eigenvalue weighted by Crippen LogP contribution is 2.30. The first-order valence-corrected chi connectivity index (χ1v) is 8.90. The average Bonchev–Trinajstić information content (AvgIpc) is 3.16. The van der Waals surface area contributed by atoms with Crippen molar-refractivity contribution in [1.82, 2.24) is 5.43 Å². The molecule has 0 saturated heterocycles. The second kappa shape index (κ2) is 8.82. The van der Waals surface area contributed by atoms with Crippen LogP contribution in [-0.2, 0) is 4.79 Å². The number of nitrogens with one attached hydrogen (secondary N) is 2. The van der Waals surface area contributed by atoms with Crippen LogP contribution in [0.1, 0.15) is 28.6 Å². The van der Waals surface area contributed by atoms with Gasteiger partial charge >= 0.3 is 0 Å². The van der Waals surface area contributed by atoms with Crippen LogP contribution in [0.15, 0.2) is 64.1 Å². The van der Waals surface area contributed by atoms with Crippen molar-refractivity contribution in [1.29, 1.82) is 0 Å². The summed E-state index contributed by atoms with van der Waals surface area (Å²) in [6.07, 6.45) is 1.33. The van der Waals surface area contributed by atoms with Gasteiger partial charge in [0.05, 0.1) is 11.1 Å². The van der Waals surface area contributed by atoms with E-state index in [1.807, 2.05) is 0 Å². The minimum atomic E-state index is -0.459. The largest absolute Gasteiger partial charge is 0.455 e. The van der Waals surface area contributed by atoms with Gasteiger partial charge in [0, 0.05) is 35.4 Å². The fourth-order valence-electron chi connectivity index (χ4n) is 2.82. The van der Waals surface area contributed by atoms with E-state index in [2.05, 4.69) is 15.8 Å². The Bertz CT molecular complexity index is 1150. The Morgan fingerprint density at radius 3 is 2.63 bits per heavy atom. The van der Waals surface area contributed by atoms with E-state index < -0.39 is 10.8 Å². The number of benzene rings is 2. The van der Waals surface area contributed by atoms with E-state index in [9.17, 15) is 19.7 Å². The maximum atomic E-state index is 12.2. The number of amides is 2. The number of nitro benzene ring substituents is 1. The number of carbonyl (C=O) groups is 2. The molecule has 2 aromatic carbocycles. The lowest BCUT2D eigenvalue weighted by molar-refractivity contribution is -0.385. The monoisotopic (exact) mass is 406 g/mol. The Balaban J connectivity index is 1.70. The van der Waals surface area contributed by atoms with Crippen molar-refractivity contribution in [2.24, 2.45) is 5.10 Å². The molecule has 0 aliphatic rings. The smallest absolute Gasteiger partial charge is 0.273 e. The lowest BCUT2D eigenvalue weighted by atomic mass is 10.1. The standard InChI is InChI=1S/C21H18N4O5/c1-13-18(7-4-8-19(13)25(28)29)20-10-9-17(30-20)12-22-24-21(27)15-5-3-6-16(11-15)23-14(2)26/h3-12H,1-2H3,(H,23,26)(H,24,27)/b22-12-. The molecule has 9 nitrogen and oxygen atoms in total. The molecule has 1 heterocycles. The summed E-state index contributed by atoms with van der Waals surface area (Å²) >= 11 is 0. The second-order valence-corrected chi connectivity index (χ2v) is 6.37. The van der Waals surface area contributed by atoms with Gasteiger partial charge in [-0.15, -0.1) is 0 Å². The van der Waals surface area contributed by atoms with Gasteiger partial charge in [-0.25, -0.2) is 5.43 Å². The fourth-order valence-corrected chi connectivity index (χ4v) is 2.82. The van der Waals surface area contributed by atoms with Gasteiger partial charge in [0.1, 0.15) is 11.5 Å². The molecule has 0 unspecified atom stereocenters. The summed E-state index contributed by atoms with van der Waals surface area (Å²) in [5.74, 6) is 0.119. The summed E-state index contributed by atoms with van der Waals surface area (Å²) in [4.78, 5) is 34.0. The van der Waals surface area contributed by atoms with Crippen molar-refractivity contribution >= 4 is 29.4 Å². The number of rotatable bonds is 6. The Hall–Kier alpha value is -4.27. The number of hydrogen-bond donors (Lipinski definition) is 2. The molecule has 0 bridgehead atoms. The van der Waals surface area contributed by atoms with E-state index in [4.69, 9.17) is 4.42 Å². The van der Waals surface area contributed by atoms with Crippen LogP contribution in [0, 0.1) is 17.0 Å². The molecule has 0 fully saturated rings. The van der Waals surface area contributed by atoms with E-state index >= 15 is 0 Å². The molecule has 0 saturated carbocycles. The molecule has 3 aromatic rings. The summed E-state index contributed by atoms with van der Waals surface area (Å²) < 4.78 is 5.66. The van der Waals surface area contributed by atoms with Crippen LogP contribution in [-0.4, -0.2) is 23.0 Å². The molecule has 2 amide bonds. The summed E-state index contributed by atoms with van der Waals surface area (Å²) in [6.45, 7) is 3.03. The molecular formula is C21H18N4O5. The third kappa shape index (κ3) is 4.76. The van der Waals surface area contributed by atoms with Gasteiger partial charge in [0.2, 0.25) is 5.91 Å². The number of nitrogens with zero attached hydrogens (tertiary/aromatic N) is 2. The van der Waals surface area contributed by atoms with Gasteiger partial charge in [0.15, 0.2) is 0 Å². The van der Waals surface area contributed by atoms with Crippen LogP contribution in [0.3, 0.4) is 0 Å². The lowest BCUT2D eigenvalue weighted by Gasteiger charge is -2.04.